The monoisotopic (exact) mass is 727 g/mol. The lowest BCUT2D eigenvalue weighted by atomic mass is 9.95. The minimum atomic E-state index is -1.13. The number of aliphatic carboxylic acids is 1. The van der Waals surface area contributed by atoms with Crippen molar-refractivity contribution in [2.24, 2.45) is 5.73 Å². The van der Waals surface area contributed by atoms with E-state index >= 15 is 0 Å². The maximum absolute atomic E-state index is 13.5. The Balaban J connectivity index is 1.43. The summed E-state index contributed by atoms with van der Waals surface area (Å²) in [6.07, 6.45) is 11.2. The Hall–Kier alpha value is -4.61. The summed E-state index contributed by atoms with van der Waals surface area (Å²) >= 11 is 1.38. The number of hydrogen-bond donors (Lipinski definition) is 4. The molecule has 0 aliphatic carbocycles. The Kier molecular flexibility index (Phi) is 15.3. The van der Waals surface area contributed by atoms with Crippen LogP contribution in [-0.4, -0.2) is 58.1 Å². The number of ether oxygens (including phenoxy) is 1. The van der Waals surface area contributed by atoms with Crippen LogP contribution in [0.1, 0.15) is 99.2 Å². The Morgan fingerprint density at radius 1 is 0.808 bits per heavy atom. The topological polar surface area (TPSA) is 157 Å². The van der Waals surface area contributed by atoms with Gasteiger partial charge in [-0.2, -0.15) is 0 Å². The molecule has 11 heteroatoms. The first-order chi connectivity index (χ1) is 25.0. The smallest absolute Gasteiger partial charge is 0.326 e. The van der Waals surface area contributed by atoms with Gasteiger partial charge in [-0.05, 0) is 73.0 Å². The molecule has 2 heterocycles. The number of carboxylic acid groups (broad SMARTS) is 1. The zero-order valence-electron chi connectivity index (χ0n) is 30.8. The van der Waals surface area contributed by atoms with Gasteiger partial charge in [-0.1, -0.05) is 89.8 Å². The Morgan fingerprint density at radius 3 is 2.10 bits per heavy atom. The number of rotatable bonds is 20. The standard InChI is InChI=1S/C41H53N5O5S/c1-5-6-7-8-11-24-51-32-19-17-29(18-20-32)31-26-43-37(44-27-31)30-15-13-28(14-16-30)25-34(38(47)45-33(40(49)50)12-9-10-23-42)46-39(48)35-21-22-36(52-35)41(2,3)4/h13-22,26-27,33-34H,5-12,23-25,42H2,1-4H3,(H,45,47)(H,46,48)(H,49,50)/t33-,34?/m0/s1. The van der Waals surface area contributed by atoms with Gasteiger partial charge in [-0.25, -0.2) is 14.8 Å². The summed E-state index contributed by atoms with van der Waals surface area (Å²) in [5.74, 6) is -0.683. The highest BCUT2D eigenvalue weighted by molar-refractivity contribution is 7.14. The second-order valence-corrected chi connectivity index (χ2v) is 15.2. The van der Waals surface area contributed by atoms with Crippen LogP contribution in [0.15, 0.2) is 73.1 Å². The number of carboxylic acids is 1. The lowest BCUT2D eigenvalue weighted by Gasteiger charge is -2.22. The summed E-state index contributed by atoms with van der Waals surface area (Å²) < 4.78 is 5.89. The van der Waals surface area contributed by atoms with Gasteiger partial charge < -0.3 is 26.2 Å². The highest BCUT2D eigenvalue weighted by Crippen LogP contribution is 2.30. The van der Waals surface area contributed by atoms with E-state index in [1.165, 1.54) is 37.0 Å². The SMILES string of the molecule is CCCCCCCOc1ccc(-c2cnc(-c3ccc(CC(NC(=O)c4ccc(C(C)(C)C)s4)C(=O)N[C@@H](CCCCN)C(=O)O)cc3)nc2)cc1. The van der Waals surface area contributed by atoms with Crippen LogP contribution in [0, 0.1) is 0 Å². The number of nitrogens with one attached hydrogen (secondary N) is 2. The molecule has 52 heavy (non-hydrogen) atoms. The van der Waals surface area contributed by atoms with E-state index in [0.717, 1.165) is 45.9 Å². The van der Waals surface area contributed by atoms with Crippen LogP contribution in [0.5, 0.6) is 5.75 Å². The second kappa shape index (κ2) is 19.8. The van der Waals surface area contributed by atoms with Crippen molar-refractivity contribution in [2.45, 2.75) is 103 Å². The largest absolute Gasteiger partial charge is 0.494 e. The van der Waals surface area contributed by atoms with Gasteiger partial charge >= 0.3 is 5.97 Å². The molecule has 2 atom stereocenters. The lowest BCUT2D eigenvalue weighted by molar-refractivity contribution is -0.142. The maximum Gasteiger partial charge on any atom is 0.326 e. The Morgan fingerprint density at radius 2 is 1.48 bits per heavy atom. The maximum atomic E-state index is 13.5. The van der Waals surface area contributed by atoms with Gasteiger partial charge in [0.15, 0.2) is 5.82 Å². The molecule has 4 rings (SSSR count). The van der Waals surface area contributed by atoms with Crippen molar-refractivity contribution in [3.05, 3.63) is 88.4 Å². The summed E-state index contributed by atoms with van der Waals surface area (Å²) in [6, 6.07) is 17.0. The molecule has 0 fully saturated rings. The average Bonchev–Trinajstić information content (AvgIpc) is 3.65. The first-order valence-corrected chi connectivity index (χ1v) is 19.1. The van der Waals surface area contributed by atoms with E-state index in [0.29, 0.717) is 30.1 Å². The molecule has 2 aromatic carbocycles. The van der Waals surface area contributed by atoms with Crippen LogP contribution in [0.3, 0.4) is 0 Å². The summed E-state index contributed by atoms with van der Waals surface area (Å²) in [6.45, 7) is 9.58. The van der Waals surface area contributed by atoms with Crippen molar-refractivity contribution >= 4 is 29.1 Å². The molecule has 0 aliphatic heterocycles. The second-order valence-electron chi connectivity index (χ2n) is 14.1. The first kappa shape index (κ1) is 40.2. The van der Waals surface area contributed by atoms with E-state index in [9.17, 15) is 19.5 Å². The van der Waals surface area contributed by atoms with Crippen molar-refractivity contribution in [2.75, 3.05) is 13.2 Å². The van der Waals surface area contributed by atoms with Crippen molar-refractivity contribution in [1.82, 2.24) is 20.6 Å². The highest BCUT2D eigenvalue weighted by atomic mass is 32.1. The zero-order valence-corrected chi connectivity index (χ0v) is 31.6. The van der Waals surface area contributed by atoms with E-state index in [4.69, 9.17) is 10.5 Å². The Bertz CT molecular complexity index is 1720. The number of aromatic nitrogens is 2. The number of carbonyl (C=O) groups excluding carboxylic acids is 2. The number of benzene rings is 2. The van der Waals surface area contributed by atoms with Gasteiger partial charge in [0.05, 0.1) is 11.5 Å². The van der Waals surface area contributed by atoms with Crippen molar-refractivity contribution in [3.63, 3.8) is 0 Å². The summed E-state index contributed by atoms with van der Waals surface area (Å²) in [7, 11) is 0. The molecule has 0 saturated carbocycles. The number of nitrogens with zero attached hydrogens (tertiary/aromatic N) is 2. The number of carbonyl (C=O) groups is 3. The minimum absolute atomic E-state index is 0.127. The molecule has 4 aromatic rings. The zero-order chi connectivity index (χ0) is 37.5. The number of nitrogens with two attached hydrogens (primary N) is 1. The molecule has 0 spiro atoms. The van der Waals surface area contributed by atoms with Crippen LogP contribution in [0.25, 0.3) is 22.5 Å². The molecule has 5 N–H and O–H groups in total. The van der Waals surface area contributed by atoms with E-state index in [-0.39, 0.29) is 24.2 Å². The van der Waals surface area contributed by atoms with E-state index in [1.54, 1.807) is 18.5 Å². The fourth-order valence-corrected chi connectivity index (χ4v) is 6.58. The van der Waals surface area contributed by atoms with Crippen molar-refractivity contribution in [1.29, 1.82) is 0 Å². The Labute approximate surface area is 311 Å². The lowest BCUT2D eigenvalue weighted by Crippen LogP contribution is -2.52. The van der Waals surface area contributed by atoms with Crippen LogP contribution < -0.4 is 21.1 Å². The molecule has 10 nitrogen and oxygen atoms in total. The van der Waals surface area contributed by atoms with Gasteiger partial charge in [-0.3, -0.25) is 9.59 Å². The van der Waals surface area contributed by atoms with Gasteiger partial charge in [0.2, 0.25) is 5.91 Å². The summed E-state index contributed by atoms with van der Waals surface area (Å²) in [5, 5.41) is 15.3. The highest BCUT2D eigenvalue weighted by Gasteiger charge is 2.28. The molecule has 2 aromatic heterocycles. The minimum Gasteiger partial charge on any atom is -0.494 e. The summed E-state index contributed by atoms with van der Waals surface area (Å²) in [5.41, 5.74) is 8.90. The van der Waals surface area contributed by atoms with Gasteiger partial charge in [-0.15, -0.1) is 11.3 Å². The van der Waals surface area contributed by atoms with Crippen LogP contribution in [0.4, 0.5) is 0 Å². The molecular weight excluding hydrogens is 675 g/mol. The fraction of sp³-hybridized carbons (Fsp3) is 0.439. The van der Waals surface area contributed by atoms with Gasteiger partial charge in [0.25, 0.3) is 5.91 Å². The van der Waals surface area contributed by atoms with Crippen LogP contribution in [0.2, 0.25) is 0 Å². The van der Waals surface area contributed by atoms with Gasteiger partial charge in [0.1, 0.15) is 17.8 Å². The first-order valence-electron chi connectivity index (χ1n) is 18.3. The van der Waals surface area contributed by atoms with Crippen molar-refractivity contribution < 1.29 is 24.2 Å². The summed E-state index contributed by atoms with van der Waals surface area (Å²) in [4.78, 5) is 49.6. The molecule has 0 aliphatic rings. The van der Waals surface area contributed by atoms with E-state index < -0.39 is 24.0 Å². The van der Waals surface area contributed by atoms with Gasteiger partial charge in [0, 0.05) is 34.8 Å². The number of unbranched alkanes of at least 4 members (excludes halogenated alkanes) is 5. The molecule has 1 unspecified atom stereocenters. The van der Waals surface area contributed by atoms with Crippen LogP contribution in [-0.2, 0) is 21.4 Å². The third-order valence-electron chi connectivity index (χ3n) is 8.76. The molecule has 2 amide bonds. The molecular formula is C41H53N5O5S. The molecule has 0 bridgehead atoms. The molecule has 0 saturated heterocycles. The number of hydrogen-bond acceptors (Lipinski definition) is 8. The molecule has 0 radical (unpaired) electrons. The predicted molar refractivity (Wildman–Crippen MR) is 208 cm³/mol. The third kappa shape index (κ3) is 12.3. The average molecular weight is 728 g/mol. The third-order valence-corrected chi connectivity index (χ3v) is 10.3. The normalized spacial score (nSPS) is 12.6. The predicted octanol–water partition coefficient (Wildman–Crippen LogP) is 7.56. The fourth-order valence-electron chi connectivity index (χ4n) is 5.62. The number of thiophene rings is 1. The van der Waals surface area contributed by atoms with Crippen molar-refractivity contribution in [3.8, 4) is 28.3 Å². The molecule has 278 valence electrons. The number of amides is 2. The quantitative estimate of drug-likeness (QED) is 0.0680. The van der Waals surface area contributed by atoms with E-state index in [1.807, 2.05) is 54.6 Å². The van der Waals surface area contributed by atoms with Crippen LogP contribution >= 0.6 is 11.3 Å². The van der Waals surface area contributed by atoms with E-state index in [2.05, 4.69) is 48.3 Å².